The number of carbonyl (C=O) groups is 3. The Bertz CT molecular complexity index is 829. The molecule has 2 heterocycles. The van der Waals surface area contributed by atoms with Crippen LogP contribution in [0.3, 0.4) is 0 Å². The third-order valence-electron chi connectivity index (χ3n) is 7.45. The summed E-state index contributed by atoms with van der Waals surface area (Å²) in [6, 6.07) is 5.84. The van der Waals surface area contributed by atoms with Crippen LogP contribution in [0.1, 0.15) is 55.3 Å². The Morgan fingerprint density at radius 1 is 1.03 bits per heavy atom. The summed E-state index contributed by atoms with van der Waals surface area (Å²) in [7, 11) is 0. The van der Waals surface area contributed by atoms with E-state index in [9.17, 15) is 14.4 Å². The topological polar surface area (TPSA) is 116 Å². The molecule has 1 aromatic rings. The van der Waals surface area contributed by atoms with E-state index >= 15 is 0 Å². The lowest BCUT2D eigenvalue weighted by Gasteiger charge is -2.32. The van der Waals surface area contributed by atoms with Crippen molar-refractivity contribution in [2.75, 3.05) is 31.5 Å². The Hall–Kier alpha value is -2.45. The number of rotatable bonds is 6. The zero-order chi connectivity index (χ0) is 22.7. The summed E-state index contributed by atoms with van der Waals surface area (Å²) in [4.78, 5) is 42.0. The quantitative estimate of drug-likeness (QED) is 0.622. The lowest BCUT2D eigenvalue weighted by Crippen LogP contribution is -2.46. The van der Waals surface area contributed by atoms with Gasteiger partial charge in [0.25, 0.3) is 0 Å². The van der Waals surface area contributed by atoms with Gasteiger partial charge in [0.15, 0.2) is 0 Å². The van der Waals surface area contributed by atoms with Gasteiger partial charge in [0, 0.05) is 24.2 Å². The molecule has 2 amide bonds. The van der Waals surface area contributed by atoms with Crippen molar-refractivity contribution in [3.63, 3.8) is 0 Å². The molecular weight excluding hydrogens is 408 g/mol. The Morgan fingerprint density at radius 2 is 1.69 bits per heavy atom. The maximum absolute atomic E-state index is 13.5. The van der Waals surface area contributed by atoms with Crippen molar-refractivity contribution in [2.24, 2.45) is 17.6 Å². The van der Waals surface area contributed by atoms with Crippen molar-refractivity contribution in [2.45, 2.75) is 57.0 Å². The standard InChI is InChI=1S/C24H34N4O4/c25-14-16-3-5-17(6-4-16)23(30)28-15-20(27-11-1-2-12-27)13-21(28)22(29)26-19-9-7-18(8-10-19)24(31)32/h7-10,16-17,20-21H,1-6,11-15,25H2,(H,26,29)(H,31,32)/t16-,17-,20-,21-/m0/s1. The van der Waals surface area contributed by atoms with Gasteiger partial charge in [-0.15, -0.1) is 0 Å². The molecule has 174 valence electrons. The molecule has 1 aromatic carbocycles. The number of benzene rings is 1. The van der Waals surface area contributed by atoms with E-state index in [0.29, 0.717) is 31.1 Å². The van der Waals surface area contributed by atoms with Crippen molar-refractivity contribution in [3.05, 3.63) is 29.8 Å². The Morgan fingerprint density at radius 3 is 2.28 bits per heavy atom. The van der Waals surface area contributed by atoms with Gasteiger partial charge in [-0.2, -0.15) is 0 Å². The molecule has 4 rings (SSSR count). The van der Waals surface area contributed by atoms with Gasteiger partial charge in [0.2, 0.25) is 11.8 Å². The van der Waals surface area contributed by atoms with Crippen molar-refractivity contribution < 1.29 is 19.5 Å². The van der Waals surface area contributed by atoms with Gasteiger partial charge in [0.05, 0.1) is 5.56 Å². The highest BCUT2D eigenvalue weighted by atomic mass is 16.4. The monoisotopic (exact) mass is 442 g/mol. The average molecular weight is 443 g/mol. The molecule has 4 N–H and O–H groups in total. The number of likely N-dealkylation sites (tertiary alicyclic amines) is 2. The molecule has 0 spiro atoms. The molecule has 3 aliphatic rings. The third kappa shape index (κ3) is 4.96. The summed E-state index contributed by atoms with van der Waals surface area (Å²) < 4.78 is 0. The van der Waals surface area contributed by atoms with Crippen LogP contribution < -0.4 is 11.1 Å². The summed E-state index contributed by atoms with van der Waals surface area (Å²) in [6.45, 7) is 3.33. The molecule has 32 heavy (non-hydrogen) atoms. The van der Waals surface area contributed by atoms with Crippen LogP contribution in [0.4, 0.5) is 5.69 Å². The number of nitrogens with zero attached hydrogens (tertiary/aromatic N) is 2. The van der Waals surface area contributed by atoms with Gasteiger partial charge in [0.1, 0.15) is 6.04 Å². The first-order valence-electron chi connectivity index (χ1n) is 11.8. The minimum atomic E-state index is -1.01. The van der Waals surface area contributed by atoms with Crippen molar-refractivity contribution in [1.29, 1.82) is 0 Å². The van der Waals surface area contributed by atoms with E-state index in [4.69, 9.17) is 10.8 Å². The lowest BCUT2D eigenvalue weighted by molar-refractivity contribution is -0.141. The zero-order valence-electron chi connectivity index (χ0n) is 18.5. The number of amides is 2. The zero-order valence-corrected chi connectivity index (χ0v) is 18.5. The summed E-state index contributed by atoms with van der Waals surface area (Å²) in [5, 5.41) is 12.0. The second kappa shape index (κ2) is 10.0. The van der Waals surface area contributed by atoms with Crippen LogP contribution in [-0.2, 0) is 9.59 Å². The fourth-order valence-corrected chi connectivity index (χ4v) is 5.48. The number of hydrogen-bond acceptors (Lipinski definition) is 5. The molecule has 2 aliphatic heterocycles. The Labute approximate surface area is 189 Å². The van der Waals surface area contributed by atoms with Crippen molar-refractivity contribution in [3.8, 4) is 0 Å². The fraction of sp³-hybridized carbons (Fsp3) is 0.625. The third-order valence-corrected chi connectivity index (χ3v) is 7.45. The molecule has 1 aliphatic carbocycles. The van der Waals surface area contributed by atoms with E-state index in [2.05, 4.69) is 10.2 Å². The molecule has 2 saturated heterocycles. The van der Waals surface area contributed by atoms with Crippen LogP contribution in [0.15, 0.2) is 24.3 Å². The Kier molecular flexibility index (Phi) is 7.10. The summed E-state index contributed by atoms with van der Waals surface area (Å²) in [6.07, 6.45) is 6.61. The molecule has 0 radical (unpaired) electrons. The fourth-order valence-electron chi connectivity index (χ4n) is 5.48. The molecule has 2 atom stereocenters. The number of nitrogens with two attached hydrogens (primary N) is 1. The Balaban J connectivity index is 1.46. The number of carboxylic acid groups (broad SMARTS) is 1. The number of anilines is 1. The predicted molar refractivity (Wildman–Crippen MR) is 121 cm³/mol. The smallest absolute Gasteiger partial charge is 0.335 e. The van der Waals surface area contributed by atoms with Crippen LogP contribution in [0, 0.1) is 11.8 Å². The summed E-state index contributed by atoms with van der Waals surface area (Å²) >= 11 is 0. The van der Waals surface area contributed by atoms with Crippen LogP contribution in [-0.4, -0.2) is 71.0 Å². The van der Waals surface area contributed by atoms with Crippen molar-refractivity contribution in [1.82, 2.24) is 9.80 Å². The van der Waals surface area contributed by atoms with Crippen LogP contribution in [0.25, 0.3) is 0 Å². The second-order valence-electron chi connectivity index (χ2n) is 9.46. The number of carboxylic acids is 1. The molecule has 0 bridgehead atoms. The molecule has 0 aromatic heterocycles. The highest BCUT2D eigenvalue weighted by molar-refractivity contribution is 5.98. The highest BCUT2D eigenvalue weighted by Gasteiger charge is 2.44. The normalized spacial score (nSPS) is 28.6. The van der Waals surface area contributed by atoms with Gasteiger partial charge in [-0.1, -0.05) is 0 Å². The van der Waals surface area contributed by atoms with Gasteiger partial charge in [-0.25, -0.2) is 4.79 Å². The number of aromatic carboxylic acids is 1. The number of nitrogens with one attached hydrogen (secondary N) is 1. The predicted octanol–water partition coefficient (Wildman–Crippen LogP) is 2.15. The van der Waals surface area contributed by atoms with Gasteiger partial charge < -0.3 is 21.1 Å². The first-order chi connectivity index (χ1) is 15.5. The first kappa shape index (κ1) is 22.7. The van der Waals surface area contributed by atoms with Gasteiger partial charge in [-0.05, 0) is 94.8 Å². The molecule has 8 nitrogen and oxygen atoms in total. The minimum Gasteiger partial charge on any atom is -0.478 e. The molecule has 0 unspecified atom stereocenters. The molecule has 8 heteroatoms. The SMILES string of the molecule is NC[C@H]1CC[C@H](C(=O)N2C[C@@H](N3CCCC3)C[C@H]2C(=O)Nc2ccc(C(=O)O)cc2)CC1. The largest absolute Gasteiger partial charge is 0.478 e. The second-order valence-corrected chi connectivity index (χ2v) is 9.46. The first-order valence-corrected chi connectivity index (χ1v) is 11.8. The van der Waals surface area contributed by atoms with E-state index < -0.39 is 12.0 Å². The number of carbonyl (C=O) groups excluding carboxylic acids is 2. The van der Waals surface area contributed by atoms with Gasteiger partial charge in [-0.3, -0.25) is 14.5 Å². The maximum Gasteiger partial charge on any atom is 0.335 e. The van der Waals surface area contributed by atoms with E-state index in [1.54, 1.807) is 12.1 Å². The molecular formula is C24H34N4O4. The number of hydrogen-bond donors (Lipinski definition) is 3. The van der Waals surface area contributed by atoms with Crippen LogP contribution >= 0.6 is 0 Å². The highest BCUT2D eigenvalue weighted by Crippen LogP contribution is 2.33. The van der Waals surface area contributed by atoms with E-state index in [1.807, 2.05) is 4.90 Å². The summed E-state index contributed by atoms with van der Waals surface area (Å²) in [5.74, 6) is -0.626. The van der Waals surface area contributed by atoms with Crippen LogP contribution in [0.2, 0.25) is 0 Å². The molecule has 3 fully saturated rings. The van der Waals surface area contributed by atoms with Crippen LogP contribution in [0.5, 0.6) is 0 Å². The summed E-state index contributed by atoms with van der Waals surface area (Å²) in [5.41, 5.74) is 6.52. The van der Waals surface area contributed by atoms with Gasteiger partial charge >= 0.3 is 5.97 Å². The minimum absolute atomic E-state index is 0.0275. The molecule has 1 saturated carbocycles. The van der Waals surface area contributed by atoms with E-state index in [-0.39, 0.29) is 29.3 Å². The van der Waals surface area contributed by atoms with Crippen molar-refractivity contribution >= 4 is 23.5 Å². The maximum atomic E-state index is 13.5. The van der Waals surface area contributed by atoms with E-state index in [1.165, 1.54) is 25.0 Å². The lowest BCUT2D eigenvalue weighted by atomic mass is 9.81. The average Bonchev–Trinajstić information content (AvgIpc) is 3.49. The van der Waals surface area contributed by atoms with E-state index in [0.717, 1.165) is 38.8 Å².